The lowest BCUT2D eigenvalue weighted by Crippen LogP contribution is -2.35. The fourth-order valence-corrected chi connectivity index (χ4v) is 3.31. The number of hydrogen-bond donors (Lipinski definition) is 1. The van der Waals surface area contributed by atoms with Crippen molar-refractivity contribution in [3.63, 3.8) is 0 Å². The second-order valence-electron chi connectivity index (χ2n) is 4.14. The molecular formula is C12H13N3O3S. The number of hydrogen-bond acceptors (Lipinski definition) is 5. The Hall–Kier alpha value is -2.07. The van der Waals surface area contributed by atoms with Crippen LogP contribution in [0.15, 0.2) is 0 Å². The number of amides is 2. The van der Waals surface area contributed by atoms with E-state index in [1.807, 2.05) is 0 Å². The Morgan fingerprint density at radius 3 is 2.84 bits per heavy atom. The van der Waals surface area contributed by atoms with E-state index in [1.165, 1.54) is 25.4 Å². The molecule has 2 amide bonds. The average molecular weight is 279 g/mol. The van der Waals surface area contributed by atoms with Gasteiger partial charge in [0.15, 0.2) is 0 Å². The number of anilines is 1. The molecule has 0 aromatic carbocycles. The predicted octanol–water partition coefficient (Wildman–Crippen LogP) is 1.70. The number of nitriles is 1. The van der Waals surface area contributed by atoms with Crippen LogP contribution in [-0.4, -0.2) is 30.6 Å². The van der Waals surface area contributed by atoms with Gasteiger partial charge in [0.2, 0.25) is 5.91 Å². The summed E-state index contributed by atoms with van der Waals surface area (Å²) >= 11 is 1.34. The second kappa shape index (κ2) is 5.28. The predicted molar refractivity (Wildman–Crippen MR) is 69.9 cm³/mol. The third kappa shape index (κ3) is 2.53. The van der Waals surface area contributed by atoms with E-state index in [2.05, 4.69) is 16.1 Å². The number of thiophene rings is 1. The lowest BCUT2D eigenvalue weighted by molar-refractivity contribution is -0.114. The molecule has 0 bridgehead atoms. The van der Waals surface area contributed by atoms with Crippen LogP contribution in [0.5, 0.6) is 0 Å². The zero-order valence-corrected chi connectivity index (χ0v) is 11.5. The van der Waals surface area contributed by atoms with Crippen molar-refractivity contribution in [2.45, 2.75) is 19.9 Å². The highest BCUT2D eigenvalue weighted by molar-refractivity contribution is 7.16. The number of carbonyl (C=O) groups excluding carboxylic acids is 2. The molecule has 2 heterocycles. The number of fused-ring (bicyclic) bond motifs is 1. The third-order valence-electron chi connectivity index (χ3n) is 2.89. The van der Waals surface area contributed by atoms with Crippen LogP contribution in [-0.2, 0) is 22.5 Å². The van der Waals surface area contributed by atoms with Crippen LogP contribution < -0.4 is 5.32 Å². The largest absolute Gasteiger partial charge is 0.453 e. The Balaban J connectivity index is 2.31. The second-order valence-corrected chi connectivity index (χ2v) is 5.25. The number of carbonyl (C=O) groups is 2. The normalized spacial score (nSPS) is 13.4. The number of nitrogens with one attached hydrogen (secondary N) is 1. The summed E-state index contributed by atoms with van der Waals surface area (Å²) in [5, 5.41) is 12.4. The Kier molecular flexibility index (Phi) is 3.71. The van der Waals surface area contributed by atoms with Crippen molar-refractivity contribution < 1.29 is 14.3 Å². The summed E-state index contributed by atoms with van der Waals surface area (Å²) in [5.41, 5.74) is 1.44. The molecule has 0 unspecified atom stereocenters. The third-order valence-corrected chi connectivity index (χ3v) is 4.02. The molecule has 1 aromatic rings. The summed E-state index contributed by atoms with van der Waals surface area (Å²) < 4.78 is 4.69. The first kappa shape index (κ1) is 13.4. The Morgan fingerprint density at radius 2 is 2.26 bits per heavy atom. The van der Waals surface area contributed by atoms with E-state index in [1.54, 1.807) is 4.90 Å². The number of nitrogens with zero attached hydrogens (tertiary/aromatic N) is 2. The van der Waals surface area contributed by atoms with E-state index in [-0.39, 0.29) is 12.0 Å². The number of methoxy groups -OCH3 is 1. The SMILES string of the molecule is COC(=O)N1CCc2c(sc(NC(C)=O)c2C#N)C1. The Labute approximate surface area is 114 Å². The monoisotopic (exact) mass is 279 g/mol. The summed E-state index contributed by atoms with van der Waals surface area (Å²) in [4.78, 5) is 25.1. The molecule has 0 radical (unpaired) electrons. The van der Waals surface area contributed by atoms with Gasteiger partial charge in [-0.2, -0.15) is 5.26 Å². The molecule has 1 aliphatic rings. The summed E-state index contributed by atoms with van der Waals surface area (Å²) in [5.74, 6) is -0.208. The van der Waals surface area contributed by atoms with Crippen LogP contribution in [0.1, 0.15) is 22.9 Å². The van der Waals surface area contributed by atoms with Crippen molar-refractivity contribution in [3.05, 3.63) is 16.0 Å². The quantitative estimate of drug-likeness (QED) is 0.848. The zero-order valence-electron chi connectivity index (χ0n) is 10.6. The maximum atomic E-state index is 11.5. The summed E-state index contributed by atoms with van der Waals surface area (Å²) in [6, 6.07) is 2.13. The molecule has 100 valence electrons. The Morgan fingerprint density at radius 1 is 1.53 bits per heavy atom. The standard InChI is InChI=1S/C12H13N3O3S/c1-7(16)14-11-9(5-13)8-3-4-15(12(17)18-2)6-10(8)19-11/h3-4,6H2,1-2H3,(H,14,16). The minimum atomic E-state index is -0.376. The highest BCUT2D eigenvalue weighted by atomic mass is 32.1. The molecule has 0 saturated carbocycles. The number of ether oxygens (including phenoxy) is 1. The summed E-state index contributed by atoms with van der Waals surface area (Å²) in [6.07, 6.45) is 0.224. The van der Waals surface area contributed by atoms with Gasteiger partial charge in [0.25, 0.3) is 0 Å². The Bertz CT molecular complexity index is 574. The van der Waals surface area contributed by atoms with Gasteiger partial charge in [0.05, 0.1) is 19.2 Å². The van der Waals surface area contributed by atoms with Crippen LogP contribution >= 0.6 is 11.3 Å². The molecular weight excluding hydrogens is 266 g/mol. The molecule has 0 spiro atoms. The van der Waals surface area contributed by atoms with Gasteiger partial charge in [-0.05, 0) is 12.0 Å². The van der Waals surface area contributed by atoms with E-state index in [0.29, 0.717) is 30.1 Å². The molecule has 1 N–H and O–H groups in total. The lowest BCUT2D eigenvalue weighted by atomic mass is 10.0. The van der Waals surface area contributed by atoms with Crippen molar-refractivity contribution in [3.8, 4) is 6.07 Å². The van der Waals surface area contributed by atoms with Gasteiger partial charge < -0.3 is 15.0 Å². The summed E-state index contributed by atoms with van der Waals surface area (Å²) in [6.45, 7) is 2.34. The van der Waals surface area contributed by atoms with Gasteiger partial charge in [0.1, 0.15) is 11.1 Å². The van der Waals surface area contributed by atoms with Gasteiger partial charge in [-0.25, -0.2) is 4.79 Å². The van der Waals surface area contributed by atoms with Crippen LogP contribution in [0.3, 0.4) is 0 Å². The molecule has 1 aromatic heterocycles. The fraction of sp³-hybridized carbons (Fsp3) is 0.417. The molecule has 0 saturated heterocycles. The molecule has 0 fully saturated rings. The number of rotatable bonds is 1. The van der Waals surface area contributed by atoms with E-state index in [4.69, 9.17) is 0 Å². The molecule has 0 aliphatic carbocycles. The van der Waals surface area contributed by atoms with Crippen molar-refractivity contribution in [2.75, 3.05) is 19.0 Å². The van der Waals surface area contributed by atoms with E-state index in [0.717, 1.165) is 10.4 Å². The topological polar surface area (TPSA) is 82.4 Å². The van der Waals surface area contributed by atoms with Crippen molar-refractivity contribution in [1.82, 2.24) is 4.90 Å². The molecule has 1 aliphatic heterocycles. The molecule has 0 atom stereocenters. The maximum absolute atomic E-state index is 11.5. The van der Waals surface area contributed by atoms with Crippen LogP contribution in [0.4, 0.5) is 9.80 Å². The average Bonchev–Trinajstić information content (AvgIpc) is 2.72. The van der Waals surface area contributed by atoms with Crippen molar-refractivity contribution in [2.24, 2.45) is 0 Å². The zero-order chi connectivity index (χ0) is 14.0. The van der Waals surface area contributed by atoms with E-state index < -0.39 is 0 Å². The van der Waals surface area contributed by atoms with Gasteiger partial charge in [0, 0.05) is 18.3 Å². The first-order valence-corrected chi connectivity index (χ1v) is 6.53. The first-order valence-electron chi connectivity index (χ1n) is 5.72. The molecule has 2 rings (SSSR count). The van der Waals surface area contributed by atoms with Gasteiger partial charge in [-0.15, -0.1) is 11.3 Å². The van der Waals surface area contributed by atoms with Crippen LogP contribution in [0.25, 0.3) is 0 Å². The molecule has 19 heavy (non-hydrogen) atoms. The fourth-order valence-electron chi connectivity index (χ4n) is 2.05. The smallest absolute Gasteiger partial charge is 0.409 e. The molecule has 7 heteroatoms. The van der Waals surface area contributed by atoms with Crippen molar-refractivity contribution >= 4 is 28.3 Å². The van der Waals surface area contributed by atoms with E-state index in [9.17, 15) is 14.9 Å². The van der Waals surface area contributed by atoms with Gasteiger partial charge in [-0.1, -0.05) is 0 Å². The molecule has 6 nitrogen and oxygen atoms in total. The van der Waals surface area contributed by atoms with Gasteiger partial charge >= 0.3 is 6.09 Å². The minimum absolute atomic E-state index is 0.208. The maximum Gasteiger partial charge on any atom is 0.409 e. The highest BCUT2D eigenvalue weighted by Gasteiger charge is 2.27. The lowest BCUT2D eigenvalue weighted by Gasteiger charge is -2.25. The van der Waals surface area contributed by atoms with E-state index >= 15 is 0 Å². The summed E-state index contributed by atoms with van der Waals surface area (Å²) in [7, 11) is 1.34. The first-order chi connectivity index (χ1) is 9.06. The van der Waals surface area contributed by atoms with Crippen molar-refractivity contribution in [1.29, 1.82) is 5.26 Å². The highest BCUT2D eigenvalue weighted by Crippen LogP contribution is 2.36. The van der Waals surface area contributed by atoms with Crippen LogP contribution in [0, 0.1) is 11.3 Å². The minimum Gasteiger partial charge on any atom is -0.453 e. The van der Waals surface area contributed by atoms with Crippen LogP contribution in [0.2, 0.25) is 0 Å². The van der Waals surface area contributed by atoms with Gasteiger partial charge in [-0.3, -0.25) is 4.79 Å².